The largest absolute Gasteiger partial charge is 0.461 e. The number of fused-ring (bicyclic) bond motifs is 2. The monoisotopic (exact) mass is 244 g/mol. The van der Waals surface area contributed by atoms with Crippen molar-refractivity contribution in [2.24, 2.45) is 11.8 Å². The maximum absolute atomic E-state index is 12.0. The van der Waals surface area contributed by atoms with Gasteiger partial charge in [-0.1, -0.05) is 18.6 Å². The molecule has 94 valence electrons. The van der Waals surface area contributed by atoms with Gasteiger partial charge < -0.3 is 4.74 Å². The third-order valence-corrected chi connectivity index (χ3v) is 4.23. The molecule has 0 aromatic rings. The van der Waals surface area contributed by atoms with Crippen LogP contribution in [-0.4, -0.2) is 17.9 Å². The van der Waals surface area contributed by atoms with Gasteiger partial charge in [-0.15, -0.1) is 0 Å². The molecular weight excluding hydrogens is 228 g/mol. The number of ether oxygens (including phenoxy) is 1. The fraction of sp³-hybridized carbons (Fsp3) is 0.467. The summed E-state index contributed by atoms with van der Waals surface area (Å²) in [5.41, 5.74) is 3.87. The Morgan fingerprint density at radius 1 is 1.28 bits per heavy atom. The predicted molar refractivity (Wildman–Crippen MR) is 66.7 cm³/mol. The highest BCUT2D eigenvalue weighted by Crippen LogP contribution is 2.42. The lowest BCUT2D eigenvalue weighted by Gasteiger charge is -2.14. The predicted octanol–water partition coefficient (Wildman–Crippen LogP) is 2.34. The number of rotatable bonds is 0. The average Bonchev–Trinajstić information content (AvgIpc) is 2.65. The van der Waals surface area contributed by atoms with Crippen molar-refractivity contribution < 1.29 is 14.3 Å². The number of hydrogen-bond donors (Lipinski definition) is 0. The number of hydrogen-bond acceptors (Lipinski definition) is 3. The number of ketones is 1. The molecule has 1 aliphatic heterocycles. The molecule has 0 bridgehead atoms. The van der Waals surface area contributed by atoms with Crippen LogP contribution < -0.4 is 0 Å². The maximum atomic E-state index is 12.0. The van der Waals surface area contributed by atoms with Gasteiger partial charge >= 0.3 is 5.97 Å². The minimum absolute atomic E-state index is 0.0919. The second-order valence-corrected chi connectivity index (χ2v) is 5.47. The zero-order valence-corrected chi connectivity index (χ0v) is 10.8. The molecule has 1 unspecified atom stereocenters. The Bertz CT molecular complexity index is 548. The first-order valence-electron chi connectivity index (χ1n) is 6.34. The van der Waals surface area contributed by atoms with Gasteiger partial charge in [-0.25, -0.2) is 0 Å². The van der Waals surface area contributed by atoms with Crippen molar-refractivity contribution in [3.05, 3.63) is 34.4 Å². The highest BCUT2D eigenvalue weighted by molar-refractivity contribution is 6.13. The third kappa shape index (κ3) is 1.43. The number of carbonyl (C=O) groups excluding carboxylic acids is 2. The zero-order chi connectivity index (χ0) is 13.0. The Balaban J connectivity index is 2.11. The first-order valence-corrected chi connectivity index (χ1v) is 6.34. The Morgan fingerprint density at radius 3 is 2.72 bits per heavy atom. The van der Waals surface area contributed by atoms with E-state index in [0.717, 1.165) is 22.3 Å². The summed E-state index contributed by atoms with van der Waals surface area (Å²) >= 11 is 0. The van der Waals surface area contributed by atoms with Gasteiger partial charge in [0, 0.05) is 17.9 Å². The minimum Gasteiger partial charge on any atom is -0.461 e. The summed E-state index contributed by atoms with van der Waals surface area (Å²) in [6.45, 7) is 5.82. The highest BCUT2D eigenvalue weighted by atomic mass is 16.6. The van der Waals surface area contributed by atoms with Gasteiger partial charge in [-0.2, -0.15) is 0 Å². The minimum atomic E-state index is -0.121. The molecule has 3 nitrogen and oxygen atoms in total. The molecule has 0 aromatic heterocycles. The summed E-state index contributed by atoms with van der Waals surface area (Å²) in [6.07, 6.45) is 4.33. The molecule has 0 aromatic carbocycles. The summed E-state index contributed by atoms with van der Waals surface area (Å²) < 4.78 is 5.42. The van der Waals surface area contributed by atoms with Gasteiger partial charge in [0.2, 0.25) is 0 Å². The topological polar surface area (TPSA) is 43.4 Å². The molecule has 3 rings (SSSR count). The van der Waals surface area contributed by atoms with E-state index >= 15 is 0 Å². The molecule has 1 saturated heterocycles. The van der Waals surface area contributed by atoms with E-state index in [4.69, 9.17) is 4.74 Å². The normalized spacial score (nSPS) is 34.7. The molecule has 3 heteroatoms. The summed E-state index contributed by atoms with van der Waals surface area (Å²) in [7, 11) is 0. The molecule has 1 heterocycles. The van der Waals surface area contributed by atoms with E-state index in [1.807, 2.05) is 20.8 Å². The summed E-state index contributed by atoms with van der Waals surface area (Å²) in [6, 6.07) is 0. The second-order valence-electron chi connectivity index (χ2n) is 5.47. The van der Waals surface area contributed by atoms with Gasteiger partial charge in [-0.3, -0.25) is 9.59 Å². The van der Waals surface area contributed by atoms with E-state index in [0.29, 0.717) is 6.42 Å². The van der Waals surface area contributed by atoms with Crippen molar-refractivity contribution >= 4 is 11.8 Å². The lowest BCUT2D eigenvalue weighted by molar-refractivity contribution is -0.143. The van der Waals surface area contributed by atoms with E-state index in [2.05, 4.69) is 6.08 Å². The summed E-state index contributed by atoms with van der Waals surface area (Å²) in [4.78, 5) is 23.6. The molecule has 0 spiro atoms. The second kappa shape index (κ2) is 3.67. The first-order chi connectivity index (χ1) is 8.49. The fourth-order valence-corrected chi connectivity index (χ4v) is 3.17. The Hall–Kier alpha value is -1.64. The molecule has 0 amide bonds. The van der Waals surface area contributed by atoms with Crippen LogP contribution in [0, 0.1) is 11.8 Å². The van der Waals surface area contributed by atoms with Crippen molar-refractivity contribution in [1.29, 1.82) is 0 Å². The van der Waals surface area contributed by atoms with Crippen molar-refractivity contribution in [3.63, 3.8) is 0 Å². The molecular formula is C15H16O3. The Morgan fingerprint density at radius 2 is 2.00 bits per heavy atom. The van der Waals surface area contributed by atoms with E-state index in [1.54, 1.807) is 6.08 Å². The Kier molecular flexibility index (Phi) is 2.34. The molecule has 3 atom stereocenters. The number of allylic oxidation sites excluding steroid dienone is 4. The van der Waals surface area contributed by atoms with Crippen LogP contribution in [0.2, 0.25) is 0 Å². The molecule has 1 fully saturated rings. The zero-order valence-electron chi connectivity index (χ0n) is 10.8. The fourth-order valence-electron chi connectivity index (χ4n) is 3.17. The van der Waals surface area contributed by atoms with Crippen LogP contribution in [0.15, 0.2) is 34.4 Å². The van der Waals surface area contributed by atoms with Crippen LogP contribution in [-0.2, 0) is 14.3 Å². The van der Waals surface area contributed by atoms with Crippen LogP contribution in [0.5, 0.6) is 0 Å². The summed E-state index contributed by atoms with van der Waals surface area (Å²) in [5, 5.41) is 0. The van der Waals surface area contributed by atoms with Crippen LogP contribution in [0.4, 0.5) is 0 Å². The lowest BCUT2D eigenvalue weighted by Crippen LogP contribution is -2.17. The van der Waals surface area contributed by atoms with Crippen LogP contribution >= 0.6 is 0 Å². The maximum Gasteiger partial charge on any atom is 0.309 e. The molecule has 2 aliphatic carbocycles. The molecule has 0 saturated carbocycles. The average molecular weight is 244 g/mol. The van der Waals surface area contributed by atoms with Gasteiger partial charge in [-0.05, 0) is 31.1 Å². The highest BCUT2D eigenvalue weighted by Gasteiger charge is 2.43. The van der Waals surface area contributed by atoms with E-state index in [-0.39, 0.29) is 29.7 Å². The van der Waals surface area contributed by atoms with Crippen molar-refractivity contribution in [1.82, 2.24) is 0 Å². The van der Waals surface area contributed by atoms with Crippen molar-refractivity contribution in [2.75, 3.05) is 0 Å². The standard InChI is InChI=1S/C15H16O3/c1-7-4-12(16)14-8(2)5-13-11(6-10(7)14)9(3)15(17)18-13/h4,6,9,11,13H,5H2,1-3H3/t9-,11?,13-/m0/s1. The van der Waals surface area contributed by atoms with Gasteiger partial charge in [0.25, 0.3) is 0 Å². The van der Waals surface area contributed by atoms with E-state index in [1.165, 1.54) is 0 Å². The van der Waals surface area contributed by atoms with Crippen molar-refractivity contribution in [3.8, 4) is 0 Å². The lowest BCUT2D eigenvalue weighted by atomic mass is 9.89. The Labute approximate surface area is 106 Å². The first kappa shape index (κ1) is 11.5. The number of carbonyl (C=O) groups is 2. The quantitative estimate of drug-likeness (QED) is 0.614. The van der Waals surface area contributed by atoms with E-state index in [9.17, 15) is 9.59 Å². The molecule has 0 radical (unpaired) electrons. The molecule has 3 aliphatic rings. The van der Waals surface area contributed by atoms with E-state index < -0.39 is 0 Å². The summed E-state index contributed by atoms with van der Waals surface area (Å²) in [5.74, 6) is -0.0494. The number of esters is 1. The van der Waals surface area contributed by atoms with Gasteiger partial charge in [0.1, 0.15) is 6.10 Å². The molecule has 0 N–H and O–H groups in total. The SMILES string of the molecule is CC1=CC(=O)C2=C(C)C[C@@H]3OC(=O)[C@@H](C)C3C=C12. The molecule has 18 heavy (non-hydrogen) atoms. The van der Waals surface area contributed by atoms with Crippen molar-refractivity contribution in [2.45, 2.75) is 33.3 Å². The van der Waals surface area contributed by atoms with Gasteiger partial charge in [0.15, 0.2) is 5.78 Å². The van der Waals surface area contributed by atoms with Crippen LogP contribution in [0.25, 0.3) is 0 Å². The van der Waals surface area contributed by atoms with Crippen LogP contribution in [0.1, 0.15) is 27.2 Å². The van der Waals surface area contributed by atoms with Gasteiger partial charge in [0.05, 0.1) is 5.92 Å². The van der Waals surface area contributed by atoms with Crippen LogP contribution in [0.3, 0.4) is 0 Å². The third-order valence-electron chi connectivity index (χ3n) is 4.23. The smallest absolute Gasteiger partial charge is 0.309 e.